The van der Waals surface area contributed by atoms with Crippen LogP contribution >= 0.6 is 0 Å². The second kappa shape index (κ2) is 8.33. The van der Waals surface area contributed by atoms with Gasteiger partial charge in [0.15, 0.2) is 0 Å². The Labute approximate surface area is 151 Å². The van der Waals surface area contributed by atoms with E-state index < -0.39 is 5.60 Å². The Morgan fingerprint density at radius 3 is 2.42 bits per heavy atom. The van der Waals surface area contributed by atoms with Crippen LogP contribution < -0.4 is 4.90 Å². The molecule has 138 valence electrons. The van der Waals surface area contributed by atoms with Crippen LogP contribution in [0.4, 0.5) is 16.2 Å². The Bertz CT molecular complexity index is 752. The Morgan fingerprint density at radius 2 is 1.85 bits per heavy atom. The average Bonchev–Trinajstić information content (AvgIpc) is 2.59. The van der Waals surface area contributed by atoms with E-state index in [9.17, 15) is 4.79 Å². The molecule has 0 radical (unpaired) electrons. The van der Waals surface area contributed by atoms with Gasteiger partial charge in [0.05, 0.1) is 6.54 Å². The predicted molar refractivity (Wildman–Crippen MR) is 98.1 cm³/mol. The van der Waals surface area contributed by atoms with Crippen LogP contribution in [0.25, 0.3) is 20.9 Å². The molecule has 10 heteroatoms. The highest BCUT2D eigenvalue weighted by Gasteiger charge is 2.26. The van der Waals surface area contributed by atoms with Crippen molar-refractivity contribution >= 4 is 17.5 Å². The van der Waals surface area contributed by atoms with Crippen LogP contribution in [0.2, 0.25) is 0 Å². The molecule has 1 aliphatic rings. The summed E-state index contributed by atoms with van der Waals surface area (Å²) in [5.74, 6) is 0. The summed E-state index contributed by atoms with van der Waals surface area (Å²) in [6.07, 6.45) is -0.316. The van der Waals surface area contributed by atoms with Crippen molar-refractivity contribution in [1.82, 2.24) is 4.90 Å². The molecule has 1 heterocycles. The molecule has 0 unspecified atom stereocenters. The van der Waals surface area contributed by atoms with Crippen LogP contribution in [-0.2, 0) is 11.3 Å². The molecular weight excluding hydrogens is 336 g/mol. The summed E-state index contributed by atoms with van der Waals surface area (Å²) in [6.45, 7) is 8.02. The highest BCUT2D eigenvalue weighted by Crippen LogP contribution is 2.26. The third-order valence-electron chi connectivity index (χ3n) is 3.74. The first-order valence-electron chi connectivity index (χ1n) is 8.25. The van der Waals surface area contributed by atoms with Crippen molar-refractivity contribution in [2.24, 2.45) is 10.2 Å². The number of hydrogen-bond donors (Lipinski definition) is 0. The van der Waals surface area contributed by atoms with Gasteiger partial charge >= 0.3 is 6.09 Å². The van der Waals surface area contributed by atoms with Gasteiger partial charge in [-0.05, 0) is 55.6 Å². The van der Waals surface area contributed by atoms with Gasteiger partial charge in [-0.15, -0.1) is 0 Å². The first kappa shape index (κ1) is 19.2. The highest BCUT2D eigenvalue weighted by molar-refractivity contribution is 5.69. The van der Waals surface area contributed by atoms with Crippen LogP contribution in [0.1, 0.15) is 26.3 Å². The zero-order valence-electron chi connectivity index (χ0n) is 15.2. The summed E-state index contributed by atoms with van der Waals surface area (Å²) >= 11 is 0. The number of rotatable bonds is 4. The Kier molecular flexibility index (Phi) is 6.16. The number of ether oxygens (including phenoxy) is 1. The molecule has 0 atom stereocenters. The summed E-state index contributed by atoms with van der Waals surface area (Å²) in [7, 11) is 0. The van der Waals surface area contributed by atoms with Gasteiger partial charge in [-0.2, -0.15) is 0 Å². The fraction of sp³-hybridized carbons (Fsp3) is 0.562. The number of azide groups is 2. The maximum absolute atomic E-state index is 12.2. The number of benzene rings is 1. The Balaban J connectivity index is 2.10. The maximum atomic E-state index is 12.2. The minimum absolute atomic E-state index is 0.177. The molecule has 0 saturated carbocycles. The number of hydrogen-bond acceptors (Lipinski definition) is 5. The zero-order chi connectivity index (χ0) is 19.2. The maximum Gasteiger partial charge on any atom is 0.410 e. The van der Waals surface area contributed by atoms with Crippen molar-refractivity contribution in [3.63, 3.8) is 0 Å². The summed E-state index contributed by atoms with van der Waals surface area (Å²) in [4.78, 5) is 21.5. The number of carbonyl (C=O) groups is 1. The zero-order valence-corrected chi connectivity index (χ0v) is 15.2. The largest absolute Gasteiger partial charge is 0.444 e. The SMILES string of the molecule is CC(C)(C)OC(=O)N1CCN(c2cc(CN=[N+]=[N-])cc(N=[N+]=[N-])c2)CC1. The monoisotopic (exact) mass is 358 g/mol. The van der Waals surface area contributed by atoms with E-state index in [1.807, 2.05) is 26.8 Å². The van der Waals surface area contributed by atoms with Crippen molar-refractivity contribution < 1.29 is 9.53 Å². The van der Waals surface area contributed by atoms with E-state index in [4.69, 9.17) is 15.8 Å². The van der Waals surface area contributed by atoms with Gasteiger partial charge in [0.2, 0.25) is 0 Å². The first-order chi connectivity index (χ1) is 12.3. The van der Waals surface area contributed by atoms with Crippen molar-refractivity contribution in [1.29, 1.82) is 0 Å². The van der Waals surface area contributed by atoms with E-state index in [1.165, 1.54) is 0 Å². The number of nitrogens with zero attached hydrogens (tertiary/aromatic N) is 8. The number of anilines is 1. The lowest BCUT2D eigenvalue weighted by atomic mass is 10.1. The normalized spacial score (nSPS) is 14.3. The molecule has 1 aromatic carbocycles. The van der Waals surface area contributed by atoms with E-state index in [1.54, 1.807) is 17.0 Å². The Hall–Kier alpha value is -3.09. The van der Waals surface area contributed by atoms with Gasteiger partial charge in [0.1, 0.15) is 5.60 Å². The fourth-order valence-corrected chi connectivity index (χ4v) is 2.63. The molecule has 0 spiro atoms. The van der Waals surface area contributed by atoms with Gasteiger partial charge in [-0.25, -0.2) is 4.79 Å². The molecule has 10 nitrogen and oxygen atoms in total. The van der Waals surface area contributed by atoms with Crippen LogP contribution in [0, 0.1) is 0 Å². The van der Waals surface area contributed by atoms with Gasteiger partial charge in [-0.3, -0.25) is 0 Å². The fourth-order valence-electron chi connectivity index (χ4n) is 2.63. The molecule has 1 aliphatic heterocycles. The lowest BCUT2D eigenvalue weighted by Gasteiger charge is -2.37. The third-order valence-corrected chi connectivity index (χ3v) is 3.74. The minimum atomic E-state index is -0.520. The molecule has 0 N–H and O–H groups in total. The van der Waals surface area contributed by atoms with E-state index in [-0.39, 0.29) is 12.6 Å². The van der Waals surface area contributed by atoms with Crippen LogP contribution in [0.5, 0.6) is 0 Å². The molecule has 2 rings (SSSR count). The molecular formula is C16H22N8O2. The molecule has 1 saturated heterocycles. The summed E-state index contributed by atoms with van der Waals surface area (Å²) in [5, 5.41) is 7.21. The molecule has 1 aromatic rings. The van der Waals surface area contributed by atoms with E-state index in [0.29, 0.717) is 31.9 Å². The standard InChI is InChI=1S/C16H22N8O2/c1-16(2,3)26-15(25)24-6-4-23(5-7-24)14-9-12(11-19-21-17)8-13(10-14)20-22-18/h8-10H,4-7,11H2,1-3H3. The van der Waals surface area contributed by atoms with Crippen LogP contribution in [0.15, 0.2) is 28.4 Å². The van der Waals surface area contributed by atoms with E-state index in [0.717, 1.165) is 11.3 Å². The van der Waals surface area contributed by atoms with Crippen molar-refractivity contribution in [2.75, 3.05) is 31.1 Å². The second-order valence-corrected chi connectivity index (χ2v) is 6.89. The molecule has 0 bridgehead atoms. The molecule has 1 amide bonds. The molecule has 0 aliphatic carbocycles. The highest BCUT2D eigenvalue weighted by atomic mass is 16.6. The Morgan fingerprint density at radius 1 is 1.15 bits per heavy atom. The number of piperazine rings is 1. The van der Waals surface area contributed by atoms with Gasteiger partial charge in [0.25, 0.3) is 0 Å². The van der Waals surface area contributed by atoms with Crippen molar-refractivity contribution in [2.45, 2.75) is 32.9 Å². The van der Waals surface area contributed by atoms with Gasteiger partial charge in [0, 0.05) is 47.4 Å². The second-order valence-electron chi connectivity index (χ2n) is 6.89. The van der Waals surface area contributed by atoms with Crippen LogP contribution in [0.3, 0.4) is 0 Å². The molecule has 26 heavy (non-hydrogen) atoms. The van der Waals surface area contributed by atoms with Gasteiger partial charge < -0.3 is 14.5 Å². The lowest BCUT2D eigenvalue weighted by Crippen LogP contribution is -2.50. The summed E-state index contributed by atoms with van der Waals surface area (Å²) in [6, 6.07) is 5.37. The summed E-state index contributed by atoms with van der Waals surface area (Å²) < 4.78 is 5.40. The number of amides is 1. The topological polar surface area (TPSA) is 130 Å². The van der Waals surface area contributed by atoms with Crippen molar-refractivity contribution in [3.05, 3.63) is 44.6 Å². The third kappa shape index (κ3) is 5.47. The molecule has 1 fully saturated rings. The first-order valence-corrected chi connectivity index (χ1v) is 8.25. The minimum Gasteiger partial charge on any atom is -0.444 e. The number of carbonyl (C=O) groups excluding carboxylic acids is 1. The average molecular weight is 358 g/mol. The lowest BCUT2D eigenvalue weighted by molar-refractivity contribution is 0.0240. The van der Waals surface area contributed by atoms with E-state index >= 15 is 0 Å². The van der Waals surface area contributed by atoms with E-state index in [2.05, 4.69) is 25.0 Å². The molecule has 0 aromatic heterocycles. The van der Waals surface area contributed by atoms with Crippen molar-refractivity contribution in [3.8, 4) is 0 Å². The van der Waals surface area contributed by atoms with Crippen LogP contribution in [-0.4, -0.2) is 42.8 Å². The predicted octanol–water partition coefficient (Wildman–Crippen LogP) is 4.50. The smallest absolute Gasteiger partial charge is 0.410 e. The summed E-state index contributed by atoms with van der Waals surface area (Å²) in [5.41, 5.74) is 18.7. The van der Waals surface area contributed by atoms with Gasteiger partial charge in [-0.1, -0.05) is 10.2 Å². The quantitative estimate of drug-likeness (QED) is 0.446.